The summed E-state index contributed by atoms with van der Waals surface area (Å²) in [4.78, 5) is 0. The number of rotatable bonds is 13. The molecule has 0 saturated carbocycles. The summed E-state index contributed by atoms with van der Waals surface area (Å²) in [6.07, 6.45) is 18.0. The van der Waals surface area contributed by atoms with Gasteiger partial charge < -0.3 is 0 Å². The lowest BCUT2D eigenvalue weighted by atomic mass is 9.89. The van der Waals surface area contributed by atoms with Crippen LogP contribution in [0.1, 0.15) is 105 Å². The molecular formula is C20H40. The Morgan fingerprint density at radius 2 is 1.55 bits per heavy atom. The van der Waals surface area contributed by atoms with Gasteiger partial charge in [-0.1, -0.05) is 90.2 Å². The summed E-state index contributed by atoms with van der Waals surface area (Å²) in [5, 5.41) is 0. The van der Waals surface area contributed by atoms with Crippen LogP contribution in [0.25, 0.3) is 0 Å². The smallest absolute Gasteiger partial charge is 0.0346 e. The number of hydrogen-bond acceptors (Lipinski definition) is 0. The van der Waals surface area contributed by atoms with Gasteiger partial charge in [0.1, 0.15) is 0 Å². The predicted octanol–water partition coefficient (Wildman–Crippen LogP) is 7.54. The maximum Gasteiger partial charge on any atom is -0.0346 e. The third-order valence-corrected chi connectivity index (χ3v) is 4.57. The van der Waals surface area contributed by atoms with Crippen molar-refractivity contribution in [3.63, 3.8) is 0 Å². The Labute approximate surface area is 129 Å². The summed E-state index contributed by atoms with van der Waals surface area (Å²) in [6.45, 7) is 11.5. The molecule has 0 heteroatoms. The zero-order valence-corrected chi connectivity index (χ0v) is 15.0. The zero-order valence-electron chi connectivity index (χ0n) is 15.0. The van der Waals surface area contributed by atoms with Crippen molar-refractivity contribution >= 4 is 0 Å². The first-order valence-electron chi connectivity index (χ1n) is 9.23. The van der Waals surface area contributed by atoms with Gasteiger partial charge in [0.05, 0.1) is 0 Å². The molecule has 0 aliphatic rings. The summed E-state index contributed by atoms with van der Waals surface area (Å²) in [6, 6.07) is 0. The molecule has 0 radical (unpaired) electrons. The molecule has 0 amide bonds. The first kappa shape index (κ1) is 19.7. The molecule has 2 atom stereocenters. The van der Waals surface area contributed by atoms with Gasteiger partial charge in [-0.25, -0.2) is 0 Å². The van der Waals surface area contributed by atoms with Gasteiger partial charge in [-0.15, -0.1) is 0 Å². The molecule has 0 nitrogen and oxygen atoms in total. The second kappa shape index (κ2) is 13.7. The van der Waals surface area contributed by atoms with Crippen molar-refractivity contribution in [2.24, 2.45) is 11.8 Å². The fraction of sp³-hybridized carbons (Fsp3) is 0.900. The molecule has 0 rings (SSSR count). The summed E-state index contributed by atoms with van der Waals surface area (Å²) >= 11 is 0. The summed E-state index contributed by atoms with van der Waals surface area (Å²) in [5.74, 6) is 1.89. The highest BCUT2D eigenvalue weighted by atomic mass is 14.1. The van der Waals surface area contributed by atoms with Gasteiger partial charge in [0.15, 0.2) is 0 Å². The van der Waals surface area contributed by atoms with Crippen molar-refractivity contribution in [3.8, 4) is 0 Å². The molecule has 2 unspecified atom stereocenters. The molecule has 0 aromatic carbocycles. The fourth-order valence-corrected chi connectivity index (χ4v) is 2.91. The lowest BCUT2D eigenvalue weighted by molar-refractivity contribution is 0.359. The van der Waals surface area contributed by atoms with Gasteiger partial charge in [-0.3, -0.25) is 0 Å². The van der Waals surface area contributed by atoms with Crippen molar-refractivity contribution in [2.75, 3.05) is 0 Å². The van der Waals surface area contributed by atoms with Crippen LogP contribution in [0.3, 0.4) is 0 Å². The van der Waals surface area contributed by atoms with E-state index in [-0.39, 0.29) is 0 Å². The van der Waals surface area contributed by atoms with Gasteiger partial charge in [0, 0.05) is 0 Å². The van der Waals surface area contributed by atoms with Crippen molar-refractivity contribution in [1.29, 1.82) is 0 Å². The minimum absolute atomic E-state index is 0.903. The summed E-state index contributed by atoms with van der Waals surface area (Å²) in [7, 11) is 0. The molecule has 120 valence electrons. The lowest BCUT2D eigenvalue weighted by Gasteiger charge is -2.17. The molecule has 0 aromatic heterocycles. The Bertz CT molecular complexity index is 222. The highest BCUT2D eigenvalue weighted by Gasteiger charge is 2.09. The highest BCUT2D eigenvalue weighted by molar-refractivity contribution is 4.92. The molecule has 20 heavy (non-hydrogen) atoms. The van der Waals surface area contributed by atoms with Gasteiger partial charge in [-0.2, -0.15) is 0 Å². The average molecular weight is 281 g/mol. The summed E-state index contributed by atoms with van der Waals surface area (Å²) < 4.78 is 0. The van der Waals surface area contributed by atoms with Crippen LogP contribution in [0, 0.1) is 11.8 Å². The van der Waals surface area contributed by atoms with E-state index in [1.165, 1.54) is 76.2 Å². The quantitative estimate of drug-likeness (QED) is 0.241. The fourth-order valence-electron chi connectivity index (χ4n) is 2.91. The maximum atomic E-state index is 2.44. The molecule has 0 aliphatic heterocycles. The van der Waals surface area contributed by atoms with Crippen molar-refractivity contribution in [1.82, 2.24) is 0 Å². The molecule has 0 heterocycles. The molecular weight excluding hydrogens is 240 g/mol. The average Bonchev–Trinajstić information content (AvgIpc) is 2.41. The maximum absolute atomic E-state index is 2.44. The van der Waals surface area contributed by atoms with E-state index in [1.807, 2.05) is 0 Å². The topological polar surface area (TPSA) is 0 Å². The highest BCUT2D eigenvalue weighted by Crippen LogP contribution is 2.23. The second-order valence-corrected chi connectivity index (χ2v) is 7.02. The molecule has 0 fully saturated rings. The van der Waals surface area contributed by atoms with Gasteiger partial charge >= 0.3 is 0 Å². The SMILES string of the molecule is CCCCCCCC(CC)CCC(C)CCC=C(C)C. The van der Waals surface area contributed by atoms with Gasteiger partial charge in [0.2, 0.25) is 0 Å². The number of unbranched alkanes of at least 4 members (excludes halogenated alkanes) is 4. The summed E-state index contributed by atoms with van der Waals surface area (Å²) in [5.41, 5.74) is 1.47. The number of hydrogen-bond donors (Lipinski definition) is 0. The van der Waals surface area contributed by atoms with E-state index >= 15 is 0 Å². The van der Waals surface area contributed by atoms with Crippen molar-refractivity contribution < 1.29 is 0 Å². The van der Waals surface area contributed by atoms with Crippen molar-refractivity contribution in [3.05, 3.63) is 11.6 Å². The van der Waals surface area contributed by atoms with E-state index in [0.29, 0.717) is 0 Å². The van der Waals surface area contributed by atoms with Crippen LogP contribution in [0.15, 0.2) is 11.6 Å². The Morgan fingerprint density at radius 3 is 2.15 bits per heavy atom. The largest absolute Gasteiger partial charge is 0.0859 e. The Kier molecular flexibility index (Phi) is 13.5. The normalized spacial score (nSPS) is 14.1. The van der Waals surface area contributed by atoms with Crippen LogP contribution in [-0.2, 0) is 0 Å². The van der Waals surface area contributed by atoms with Crippen LogP contribution in [0.5, 0.6) is 0 Å². The van der Waals surface area contributed by atoms with Gasteiger partial charge in [-0.05, 0) is 38.5 Å². The van der Waals surface area contributed by atoms with Crippen LogP contribution in [0.2, 0.25) is 0 Å². The second-order valence-electron chi connectivity index (χ2n) is 7.02. The minimum atomic E-state index is 0.903. The van der Waals surface area contributed by atoms with Crippen LogP contribution in [0.4, 0.5) is 0 Å². The molecule has 0 N–H and O–H groups in total. The van der Waals surface area contributed by atoms with Gasteiger partial charge in [0.25, 0.3) is 0 Å². The first-order chi connectivity index (χ1) is 9.60. The first-order valence-corrected chi connectivity index (χ1v) is 9.23. The lowest BCUT2D eigenvalue weighted by Crippen LogP contribution is -2.03. The van der Waals surface area contributed by atoms with Crippen LogP contribution >= 0.6 is 0 Å². The van der Waals surface area contributed by atoms with Crippen LogP contribution in [-0.4, -0.2) is 0 Å². The molecule has 0 aromatic rings. The van der Waals surface area contributed by atoms with Crippen LogP contribution < -0.4 is 0 Å². The zero-order chi connectivity index (χ0) is 15.2. The van der Waals surface area contributed by atoms with E-state index in [2.05, 4.69) is 40.7 Å². The Morgan fingerprint density at radius 1 is 0.850 bits per heavy atom. The third kappa shape index (κ3) is 12.8. The van der Waals surface area contributed by atoms with E-state index in [9.17, 15) is 0 Å². The standard InChI is InChI=1S/C20H40/c1-6-8-9-10-11-15-20(7-2)17-16-19(5)14-12-13-18(3)4/h13,19-20H,6-12,14-17H2,1-5H3. The monoisotopic (exact) mass is 280 g/mol. The molecule has 0 aliphatic carbocycles. The third-order valence-electron chi connectivity index (χ3n) is 4.57. The van der Waals surface area contributed by atoms with Crippen molar-refractivity contribution in [2.45, 2.75) is 105 Å². The Hall–Kier alpha value is -0.260. The molecule has 0 spiro atoms. The minimum Gasteiger partial charge on any atom is -0.0859 e. The molecule has 0 saturated heterocycles. The molecule has 0 bridgehead atoms. The number of allylic oxidation sites excluding steroid dienone is 2. The van der Waals surface area contributed by atoms with E-state index in [0.717, 1.165) is 11.8 Å². The van der Waals surface area contributed by atoms with E-state index in [4.69, 9.17) is 0 Å². The predicted molar refractivity (Wildman–Crippen MR) is 94.2 cm³/mol. The van der Waals surface area contributed by atoms with E-state index < -0.39 is 0 Å². The Balaban J connectivity index is 3.64. The van der Waals surface area contributed by atoms with E-state index in [1.54, 1.807) is 0 Å².